The Morgan fingerprint density at radius 2 is 1.93 bits per heavy atom. The molecule has 2 fully saturated rings. The van der Waals surface area contributed by atoms with Gasteiger partial charge >= 0.3 is 0 Å². The molecular weight excluding hydrogens is 174 g/mol. The van der Waals surface area contributed by atoms with Crippen molar-refractivity contribution >= 4 is 0 Å². The first-order chi connectivity index (χ1) is 6.62. The third-order valence-electron chi connectivity index (χ3n) is 4.32. The summed E-state index contributed by atoms with van der Waals surface area (Å²) in [5.41, 5.74) is 6.09. The molecule has 2 nitrogen and oxygen atoms in total. The minimum Gasteiger partial charge on any atom is -0.391 e. The molecule has 0 amide bonds. The molecular formula is C12H23NO. The summed E-state index contributed by atoms with van der Waals surface area (Å²) in [4.78, 5) is 0. The fourth-order valence-corrected chi connectivity index (χ4v) is 3.43. The van der Waals surface area contributed by atoms with Gasteiger partial charge in [0.2, 0.25) is 0 Å². The minimum absolute atomic E-state index is 0.261. The fourth-order valence-electron chi connectivity index (χ4n) is 3.43. The van der Waals surface area contributed by atoms with E-state index >= 15 is 0 Å². The lowest BCUT2D eigenvalue weighted by Gasteiger charge is -2.45. The van der Waals surface area contributed by atoms with Gasteiger partial charge in [0, 0.05) is 5.54 Å². The van der Waals surface area contributed by atoms with Gasteiger partial charge < -0.3 is 10.8 Å². The Hall–Kier alpha value is -0.0800. The summed E-state index contributed by atoms with van der Waals surface area (Å²) < 4.78 is 0. The van der Waals surface area contributed by atoms with Gasteiger partial charge in [0.1, 0.15) is 0 Å². The van der Waals surface area contributed by atoms with Crippen LogP contribution in [-0.4, -0.2) is 16.7 Å². The molecule has 14 heavy (non-hydrogen) atoms. The SMILES string of the molecule is CC1CCCC2CCCC(N)(C2)C1O. The predicted octanol–water partition coefficient (Wildman–Crippen LogP) is 2.06. The zero-order valence-corrected chi connectivity index (χ0v) is 9.21. The Morgan fingerprint density at radius 3 is 2.71 bits per heavy atom. The largest absolute Gasteiger partial charge is 0.391 e. The summed E-state index contributed by atoms with van der Waals surface area (Å²) >= 11 is 0. The summed E-state index contributed by atoms with van der Waals surface area (Å²) in [6.07, 6.45) is 8.11. The van der Waals surface area contributed by atoms with Gasteiger partial charge in [-0.25, -0.2) is 0 Å². The summed E-state index contributed by atoms with van der Waals surface area (Å²) in [5.74, 6) is 1.18. The number of nitrogens with two attached hydrogens (primary N) is 1. The third-order valence-corrected chi connectivity index (χ3v) is 4.32. The molecule has 0 spiro atoms. The Balaban J connectivity index is 2.14. The van der Waals surface area contributed by atoms with Crippen molar-refractivity contribution in [3.05, 3.63) is 0 Å². The molecule has 0 heterocycles. The number of aliphatic hydroxyl groups excluding tert-OH is 1. The normalized spacial score (nSPS) is 49.5. The molecule has 2 aliphatic carbocycles. The number of hydrogen-bond acceptors (Lipinski definition) is 2. The van der Waals surface area contributed by atoms with E-state index in [1.165, 1.54) is 25.7 Å². The van der Waals surface area contributed by atoms with Crippen LogP contribution >= 0.6 is 0 Å². The van der Waals surface area contributed by atoms with Crippen LogP contribution < -0.4 is 5.73 Å². The van der Waals surface area contributed by atoms with E-state index in [4.69, 9.17) is 5.73 Å². The lowest BCUT2D eigenvalue weighted by Crippen LogP contribution is -2.56. The van der Waals surface area contributed by atoms with Crippen LogP contribution in [0.15, 0.2) is 0 Å². The molecule has 2 bridgehead atoms. The number of aliphatic hydroxyl groups is 1. The molecule has 0 aromatic rings. The fraction of sp³-hybridized carbons (Fsp3) is 1.00. The topological polar surface area (TPSA) is 46.2 Å². The summed E-state index contributed by atoms with van der Waals surface area (Å²) in [6.45, 7) is 2.15. The van der Waals surface area contributed by atoms with Crippen LogP contribution in [0.1, 0.15) is 51.9 Å². The van der Waals surface area contributed by atoms with E-state index < -0.39 is 0 Å². The van der Waals surface area contributed by atoms with Crippen LogP contribution in [0.25, 0.3) is 0 Å². The van der Waals surface area contributed by atoms with Crippen molar-refractivity contribution in [1.82, 2.24) is 0 Å². The third kappa shape index (κ3) is 1.82. The molecule has 0 radical (unpaired) electrons. The molecule has 0 saturated heterocycles. The van der Waals surface area contributed by atoms with E-state index in [-0.39, 0.29) is 11.6 Å². The molecule has 2 rings (SSSR count). The second-order valence-corrected chi connectivity index (χ2v) is 5.55. The van der Waals surface area contributed by atoms with Crippen LogP contribution in [0, 0.1) is 11.8 Å². The van der Waals surface area contributed by atoms with Crippen LogP contribution in [0.3, 0.4) is 0 Å². The standard InChI is InChI=1S/C12H23NO/c1-9-4-2-5-10-6-3-7-12(13,8-10)11(9)14/h9-11,14H,2-8,13H2,1H3. The number of rotatable bonds is 0. The van der Waals surface area contributed by atoms with Crippen molar-refractivity contribution in [2.45, 2.75) is 63.5 Å². The Bertz CT molecular complexity index is 204. The average Bonchev–Trinajstić information content (AvgIpc) is 2.15. The molecule has 4 unspecified atom stereocenters. The molecule has 2 aliphatic rings. The monoisotopic (exact) mass is 197 g/mol. The van der Waals surface area contributed by atoms with Crippen molar-refractivity contribution in [2.24, 2.45) is 17.6 Å². The second kappa shape index (κ2) is 3.82. The number of hydrogen-bond donors (Lipinski definition) is 2. The zero-order valence-electron chi connectivity index (χ0n) is 9.21. The first-order valence-corrected chi connectivity index (χ1v) is 6.09. The van der Waals surface area contributed by atoms with Crippen molar-refractivity contribution < 1.29 is 5.11 Å². The van der Waals surface area contributed by atoms with Gasteiger partial charge in [0.25, 0.3) is 0 Å². The molecule has 82 valence electrons. The molecule has 3 N–H and O–H groups in total. The Morgan fingerprint density at radius 1 is 1.21 bits per heavy atom. The number of fused-ring (bicyclic) bond motifs is 2. The quantitative estimate of drug-likeness (QED) is 0.624. The van der Waals surface area contributed by atoms with E-state index in [1.54, 1.807) is 0 Å². The highest BCUT2D eigenvalue weighted by Gasteiger charge is 2.42. The average molecular weight is 197 g/mol. The zero-order chi connectivity index (χ0) is 10.2. The van der Waals surface area contributed by atoms with E-state index in [0.29, 0.717) is 5.92 Å². The first kappa shape index (κ1) is 10.4. The van der Waals surface area contributed by atoms with Gasteiger partial charge in [0.15, 0.2) is 0 Å². The lowest BCUT2D eigenvalue weighted by molar-refractivity contribution is -0.00788. The summed E-state index contributed by atoms with van der Waals surface area (Å²) in [5, 5.41) is 10.2. The van der Waals surface area contributed by atoms with E-state index in [2.05, 4.69) is 6.92 Å². The minimum atomic E-state index is -0.273. The smallest absolute Gasteiger partial charge is 0.0745 e. The van der Waals surface area contributed by atoms with Crippen LogP contribution in [0.4, 0.5) is 0 Å². The Kier molecular flexibility index (Phi) is 2.85. The van der Waals surface area contributed by atoms with Crippen molar-refractivity contribution in [2.75, 3.05) is 0 Å². The Labute approximate surface area is 86.9 Å². The summed E-state index contributed by atoms with van der Waals surface area (Å²) in [6, 6.07) is 0. The highest BCUT2D eigenvalue weighted by molar-refractivity contribution is 4.99. The van der Waals surface area contributed by atoms with Crippen LogP contribution in [0.5, 0.6) is 0 Å². The van der Waals surface area contributed by atoms with Gasteiger partial charge in [-0.2, -0.15) is 0 Å². The maximum atomic E-state index is 10.2. The second-order valence-electron chi connectivity index (χ2n) is 5.55. The molecule has 0 aromatic heterocycles. The highest BCUT2D eigenvalue weighted by atomic mass is 16.3. The molecule has 0 aromatic carbocycles. The molecule has 4 atom stereocenters. The highest BCUT2D eigenvalue weighted by Crippen LogP contribution is 2.40. The van der Waals surface area contributed by atoms with E-state index in [1.807, 2.05) is 0 Å². The van der Waals surface area contributed by atoms with Crippen LogP contribution in [0.2, 0.25) is 0 Å². The van der Waals surface area contributed by atoms with Crippen molar-refractivity contribution in [3.63, 3.8) is 0 Å². The summed E-state index contributed by atoms with van der Waals surface area (Å²) in [7, 11) is 0. The van der Waals surface area contributed by atoms with Crippen molar-refractivity contribution in [1.29, 1.82) is 0 Å². The van der Waals surface area contributed by atoms with Gasteiger partial charge in [-0.3, -0.25) is 0 Å². The molecule has 0 aliphatic heterocycles. The maximum Gasteiger partial charge on any atom is 0.0745 e. The molecule has 2 saturated carbocycles. The van der Waals surface area contributed by atoms with Gasteiger partial charge in [-0.1, -0.05) is 32.6 Å². The van der Waals surface area contributed by atoms with E-state index in [9.17, 15) is 5.11 Å². The first-order valence-electron chi connectivity index (χ1n) is 6.09. The lowest BCUT2D eigenvalue weighted by atomic mass is 9.67. The van der Waals surface area contributed by atoms with Gasteiger partial charge in [-0.05, 0) is 31.1 Å². The molecule has 2 heteroatoms. The predicted molar refractivity (Wildman–Crippen MR) is 57.9 cm³/mol. The van der Waals surface area contributed by atoms with Gasteiger partial charge in [-0.15, -0.1) is 0 Å². The van der Waals surface area contributed by atoms with Crippen molar-refractivity contribution in [3.8, 4) is 0 Å². The van der Waals surface area contributed by atoms with Crippen LogP contribution in [-0.2, 0) is 0 Å². The van der Waals surface area contributed by atoms with Gasteiger partial charge in [0.05, 0.1) is 6.10 Å². The van der Waals surface area contributed by atoms with E-state index in [0.717, 1.165) is 25.2 Å². The maximum absolute atomic E-state index is 10.2.